The summed E-state index contributed by atoms with van der Waals surface area (Å²) in [6.45, 7) is 3.95. The van der Waals surface area contributed by atoms with Crippen molar-refractivity contribution in [2.75, 3.05) is 0 Å². The molecule has 7 heteroatoms. The number of hydrogen-bond donors (Lipinski definition) is 3. The van der Waals surface area contributed by atoms with Crippen LogP contribution < -0.4 is 16.4 Å². The van der Waals surface area contributed by atoms with E-state index in [0.29, 0.717) is 11.4 Å². The van der Waals surface area contributed by atoms with Gasteiger partial charge in [-0.15, -0.1) is 0 Å². The lowest BCUT2D eigenvalue weighted by molar-refractivity contribution is -0.130. The molecule has 4 amide bonds. The van der Waals surface area contributed by atoms with Gasteiger partial charge in [-0.2, -0.15) is 0 Å². The van der Waals surface area contributed by atoms with E-state index >= 15 is 0 Å². The minimum absolute atomic E-state index is 0.0809. The Bertz CT molecular complexity index is 622. The summed E-state index contributed by atoms with van der Waals surface area (Å²) in [4.78, 5) is 35.2. The van der Waals surface area contributed by atoms with Crippen LogP contribution in [-0.4, -0.2) is 17.8 Å². The van der Waals surface area contributed by atoms with E-state index in [4.69, 9.17) is 17.3 Å². The zero-order valence-corrected chi connectivity index (χ0v) is 16.1. The van der Waals surface area contributed by atoms with Crippen molar-refractivity contribution in [3.63, 3.8) is 0 Å². The summed E-state index contributed by atoms with van der Waals surface area (Å²) in [6, 6.07) is 6.35. The first-order valence-corrected chi connectivity index (χ1v) is 9.40. The first kappa shape index (κ1) is 22.0. The van der Waals surface area contributed by atoms with Crippen LogP contribution in [0.15, 0.2) is 24.3 Å². The Kier molecular flexibility index (Phi) is 9.73. The van der Waals surface area contributed by atoms with Crippen LogP contribution in [0.25, 0.3) is 0 Å². The van der Waals surface area contributed by atoms with Gasteiger partial charge in [-0.25, -0.2) is 4.79 Å². The molecule has 1 aromatic rings. The van der Waals surface area contributed by atoms with Gasteiger partial charge in [0, 0.05) is 17.4 Å². The summed E-state index contributed by atoms with van der Waals surface area (Å²) in [5, 5.41) is 5.65. The summed E-state index contributed by atoms with van der Waals surface area (Å²) < 4.78 is 0. The number of amides is 4. The molecule has 1 unspecified atom stereocenters. The van der Waals surface area contributed by atoms with Crippen LogP contribution in [0.1, 0.15) is 64.0 Å². The molecule has 1 aromatic carbocycles. The monoisotopic (exact) mass is 381 g/mol. The molecule has 0 aliphatic rings. The SMILES string of the molecule is CCCCCC(NC(=O)[C@H](CC)CC(=O)NC(N)=O)c1cccc(Cl)c1. The molecular formula is C19H28ClN3O3. The Morgan fingerprint density at radius 2 is 1.92 bits per heavy atom. The number of urea groups is 1. The van der Waals surface area contributed by atoms with Crippen LogP contribution in [0.5, 0.6) is 0 Å². The zero-order chi connectivity index (χ0) is 19.5. The normalized spacial score (nSPS) is 12.9. The number of imide groups is 1. The smallest absolute Gasteiger partial charge is 0.318 e. The van der Waals surface area contributed by atoms with Gasteiger partial charge < -0.3 is 11.1 Å². The number of hydrogen-bond acceptors (Lipinski definition) is 3. The number of carbonyl (C=O) groups excluding carboxylic acids is 3. The maximum Gasteiger partial charge on any atom is 0.318 e. The van der Waals surface area contributed by atoms with Crippen molar-refractivity contribution >= 4 is 29.4 Å². The first-order chi connectivity index (χ1) is 12.4. The second kappa shape index (κ2) is 11.5. The molecule has 4 N–H and O–H groups in total. The van der Waals surface area contributed by atoms with Crippen LogP contribution in [0.4, 0.5) is 4.79 Å². The quantitative estimate of drug-likeness (QED) is 0.538. The highest BCUT2D eigenvalue weighted by Crippen LogP contribution is 2.24. The van der Waals surface area contributed by atoms with Gasteiger partial charge in [0.05, 0.1) is 6.04 Å². The van der Waals surface area contributed by atoms with E-state index in [-0.39, 0.29) is 18.4 Å². The molecule has 0 spiro atoms. The lowest BCUT2D eigenvalue weighted by atomic mass is 9.97. The highest BCUT2D eigenvalue weighted by molar-refractivity contribution is 6.30. The summed E-state index contributed by atoms with van der Waals surface area (Å²) >= 11 is 6.08. The van der Waals surface area contributed by atoms with Crippen molar-refractivity contribution in [3.8, 4) is 0 Å². The fourth-order valence-electron chi connectivity index (χ4n) is 2.77. The van der Waals surface area contributed by atoms with Crippen molar-refractivity contribution in [1.82, 2.24) is 10.6 Å². The van der Waals surface area contributed by atoms with Gasteiger partial charge in [0.15, 0.2) is 0 Å². The Morgan fingerprint density at radius 1 is 1.19 bits per heavy atom. The van der Waals surface area contributed by atoms with Crippen LogP contribution in [0.2, 0.25) is 5.02 Å². The highest BCUT2D eigenvalue weighted by Gasteiger charge is 2.24. The van der Waals surface area contributed by atoms with Gasteiger partial charge in [0.1, 0.15) is 0 Å². The molecule has 0 heterocycles. The molecule has 0 aliphatic heterocycles. The van der Waals surface area contributed by atoms with E-state index in [1.165, 1.54) is 0 Å². The molecule has 144 valence electrons. The van der Waals surface area contributed by atoms with Crippen molar-refractivity contribution in [2.45, 2.75) is 58.4 Å². The molecule has 6 nitrogen and oxygen atoms in total. The molecule has 2 atom stereocenters. The van der Waals surface area contributed by atoms with Crippen LogP contribution in [-0.2, 0) is 9.59 Å². The van der Waals surface area contributed by atoms with Gasteiger partial charge in [0.25, 0.3) is 0 Å². The van der Waals surface area contributed by atoms with Crippen molar-refractivity contribution < 1.29 is 14.4 Å². The summed E-state index contributed by atoms with van der Waals surface area (Å²) in [5.74, 6) is -1.29. The topological polar surface area (TPSA) is 101 Å². The summed E-state index contributed by atoms with van der Waals surface area (Å²) in [7, 11) is 0. The number of primary amides is 1. The van der Waals surface area contributed by atoms with Gasteiger partial charge >= 0.3 is 6.03 Å². The fourth-order valence-corrected chi connectivity index (χ4v) is 2.97. The average molecular weight is 382 g/mol. The molecule has 1 rings (SSSR count). The number of benzene rings is 1. The number of carbonyl (C=O) groups is 3. The molecule has 0 bridgehead atoms. The molecule has 0 aromatic heterocycles. The third kappa shape index (κ3) is 7.87. The van der Waals surface area contributed by atoms with Crippen LogP contribution in [0.3, 0.4) is 0 Å². The van der Waals surface area contributed by atoms with E-state index in [0.717, 1.165) is 31.2 Å². The fraction of sp³-hybridized carbons (Fsp3) is 0.526. The van der Waals surface area contributed by atoms with Crippen molar-refractivity contribution in [1.29, 1.82) is 0 Å². The molecule has 0 aliphatic carbocycles. The van der Waals surface area contributed by atoms with E-state index in [2.05, 4.69) is 12.2 Å². The van der Waals surface area contributed by atoms with E-state index in [9.17, 15) is 14.4 Å². The van der Waals surface area contributed by atoms with E-state index in [1.54, 1.807) is 6.07 Å². The van der Waals surface area contributed by atoms with E-state index < -0.39 is 17.9 Å². The standard InChI is InChI=1S/C19H28ClN3O3/c1-3-5-6-10-16(14-8-7-9-15(20)11-14)22-18(25)13(4-2)12-17(24)23-19(21)26/h7-9,11,13,16H,3-6,10,12H2,1-2H3,(H,22,25)(H3,21,23,24,26)/t13-,16?/m1/s1. The van der Waals surface area contributed by atoms with Gasteiger partial charge in [-0.3, -0.25) is 14.9 Å². The zero-order valence-electron chi connectivity index (χ0n) is 15.4. The summed E-state index contributed by atoms with van der Waals surface area (Å²) in [6.07, 6.45) is 4.33. The molecule has 0 radical (unpaired) electrons. The van der Waals surface area contributed by atoms with Gasteiger partial charge in [-0.1, -0.05) is 56.8 Å². The second-order valence-electron chi connectivity index (χ2n) is 6.33. The number of nitrogens with one attached hydrogen (secondary N) is 2. The first-order valence-electron chi connectivity index (χ1n) is 9.02. The number of halogens is 1. The predicted octanol–water partition coefficient (Wildman–Crippen LogP) is 3.69. The molecule has 0 saturated carbocycles. The lowest BCUT2D eigenvalue weighted by Crippen LogP contribution is -2.39. The van der Waals surface area contributed by atoms with Crippen LogP contribution >= 0.6 is 11.6 Å². The van der Waals surface area contributed by atoms with E-state index in [1.807, 2.05) is 30.4 Å². The molecule has 0 fully saturated rings. The molecular weight excluding hydrogens is 354 g/mol. The molecule has 26 heavy (non-hydrogen) atoms. The van der Waals surface area contributed by atoms with Gasteiger partial charge in [0.2, 0.25) is 11.8 Å². The maximum atomic E-state index is 12.7. The van der Waals surface area contributed by atoms with Crippen LogP contribution in [0, 0.1) is 5.92 Å². The highest BCUT2D eigenvalue weighted by atomic mass is 35.5. The largest absolute Gasteiger partial charge is 0.351 e. The minimum atomic E-state index is -0.915. The predicted molar refractivity (Wildman–Crippen MR) is 103 cm³/mol. The molecule has 0 saturated heterocycles. The minimum Gasteiger partial charge on any atom is -0.351 e. The maximum absolute atomic E-state index is 12.7. The summed E-state index contributed by atoms with van der Waals surface area (Å²) in [5.41, 5.74) is 5.88. The lowest BCUT2D eigenvalue weighted by Gasteiger charge is -2.23. The Hall–Kier alpha value is -2.08. The third-order valence-electron chi connectivity index (χ3n) is 4.22. The number of nitrogens with two attached hydrogens (primary N) is 1. The van der Waals surface area contributed by atoms with Crippen molar-refractivity contribution in [2.24, 2.45) is 11.7 Å². The Morgan fingerprint density at radius 3 is 2.50 bits per heavy atom. The number of unbranched alkanes of at least 4 members (excludes halogenated alkanes) is 2. The number of rotatable bonds is 10. The Labute approximate surface area is 159 Å². The Balaban J connectivity index is 2.81. The second-order valence-corrected chi connectivity index (χ2v) is 6.77. The third-order valence-corrected chi connectivity index (χ3v) is 4.46. The average Bonchev–Trinajstić information content (AvgIpc) is 2.58. The van der Waals surface area contributed by atoms with Gasteiger partial charge in [-0.05, 0) is 30.5 Å². The van der Waals surface area contributed by atoms with Crippen molar-refractivity contribution in [3.05, 3.63) is 34.9 Å².